The Balaban J connectivity index is 2.78. The average molecular weight is 286 g/mol. The fourth-order valence-electron chi connectivity index (χ4n) is 1.08. The van der Waals surface area contributed by atoms with Gasteiger partial charge in [-0.15, -0.1) is 0 Å². The van der Waals surface area contributed by atoms with Gasteiger partial charge in [-0.3, -0.25) is 4.79 Å². The van der Waals surface area contributed by atoms with Crippen LogP contribution in [0.2, 0.25) is 0 Å². The third-order valence-corrected chi connectivity index (χ3v) is 2.72. The third-order valence-electron chi connectivity index (χ3n) is 2.03. The van der Waals surface area contributed by atoms with Crippen molar-refractivity contribution in [2.45, 2.75) is 13.0 Å². The molecule has 5 nitrogen and oxygen atoms in total. The van der Waals surface area contributed by atoms with Gasteiger partial charge in [0.2, 0.25) is 0 Å². The number of amidine groups is 1. The summed E-state index contributed by atoms with van der Waals surface area (Å²) in [7, 11) is 0. The molecule has 1 aromatic carbocycles. The van der Waals surface area contributed by atoms with E-state index in [2.05, 4.69) is 26.4 Å². The standard InChI is InChI=1S/C10H12BrN3O2/c1-6(9(12)14-16)13-10(15)7-4-2-3-5-8(7)11/h2-6,16H,1H3,(H2,12,14)(H,13,15). The number of carbonyl (C=O) groups is 1. The highest BCUT2D eigenvalue weighted by atomic mass is 79.9. The van der Waals surface area contributed by atoms with Gasteiger partial charge in [-0.2, -0.15) is 0 Å². The lowest BCUT2D eigenvalue weighted by atomic mass is 10.2. The van der Waals surface area contributed by atoms with Gasteiger partial charge in [0.15, 0.2) is 5.84 Å². The third kappa shape index (κ3) is 2.96. The predicted octanol–water partition coefficient (Wildman–Crippen LogP) is 1.31. The molecule has 0 radical (unpaired) electrons. The van der Waals surface area contributed by atoms with E-state index in [4.69, 9.17) is 10.9 Å². The molecule has 4 N–H and O–H groups in total. The number of nitrogens with one attached hydrogen (secondary N) is 1. The van der Waals surface area contributed by atoms with Crippen LogP contribution >= 0.6 is 15.9 Å². The second kappa shape index (κ2) is 5.50. The lowest BCUT2D eigenvalue weighted by molar-refractivity contribution is 0.0948. The van der Waals surface area contributed by atoms with Gasteiger partial charge in [0, 0.05) is 4.47 Å². The molecule has 1 rings (SSSR count). The maximum atomic E-state index is 11.8. The maximum Gasteiger partial charge on any atom is 0.253 e. The number of halogens is 1. The zero-order valence-corrected chi connectivity index (χ0v) is 10.2. The minimum Gasteiger partial charge on any atom is -0.409 e. The summed E-state index contributed by atoms with van der Waals surface area (Å²) in [6.07, 6.45) is 0. The van der Waals surface area contributed by atoms with Crippen molar-refractivity contribution >= 4 is 27.7 Å². The molecule has 86 valence electrons. The van der Waals surface area contributed by atoms with Crippen molar-refractivity contribution in [1.82, 2.24) is 5.32 Å². The molecule has 0 heterocycles. The normalized spacial score (nSPS) is 13.2. The van der Waals surface area contributed by atoms with Crippen LogP contribution in [-0.2, 0) is 0 Å². The van der Waals surface area contributed by atoms with Gasteiger partial charge in [0.1, 0.15) is 0 Å². The molecule has 0 bridgehead atoms. The first-order valence-electron chi connectivity index (χ1n) is 4.59. The zero-order valence-electron chi connectivity index (χ0n) is 8.64. The first-order valence-corrected chi connectivity index (χ1v) is 5.38. The molecule has 1 amide bonds. The molecule has 6 heteroatoms. The van der Waals surface area contributed by atoms with Gasteiger partial charge >= 0.3 is 0 Å². The van der Waals surface area contributed by atoms with Crippen molar-refractivity contribution in [1.29, 1.82) is 0 Å². The van der Waals surface area contributed by atoms with Crippen molar-refractivity contribution in [2.24, 2.45) is 10.9 Å². The van der Waals surface area contributed by atoms with E-state index in [-0.39, 0.29) is 11.7 Å². The van der Waals surface area contributed by atoms with Gasteiger partial charge in [-0.1, -0.05) is 17.3 Å². The van der Waals surface area contributed by atoms with E-state index < -0.39 is 6.04 Å². The van der Waals surface area contributed by atoms with Crippen LogP contribution in [0.5, 0.6) is 0 Å². The molecular formula is C10H12BrN3O2. The number of nitrogens with two attached hydrogens (primary N) is 1. The topological polar surface area (TPSA) is 87.7 Å². The quantitative estimate of drug-likeness (QED) is 0.339. The molecule has 0 saturated heterocycles. The highest BCUT2D eigenvalue weighted by Crippen LogP contribution is 2.15. The van der Waals surface area contributed by atoms with Crippen molar-refractivity contribution in [2.75, 3.05) is 0 Å². The molecule has 1 unspecified atom stereocenters. The number of amides is 1. The Morgan fingerprint density at radius 2 is 2.19 bits per heavy atom. The summed E-state index contributed by atoms with van der Waals surface area (Å²) in [4.78, 5) is 11.8. The van der Waals surface area contributed by atoms with Crippen LogP contribution in [0.1, 0.15) is 17.3 Å². The maximum absolute atomic E-state index is 11.8. The predicted molar refractivity (Wildman–Crippen MR) is 64.5 cm³/mol. The highest BCUT2D eigenvalue weighted by Gasteiger charge is 2.14. The van der Waals surface area contributed by atoms with E-state index in [9.17, 15) is 4.79 Å². The smallest absolute Gasteiger partial charge is 0.253 e. The number of hydrogen-bond donors (Lipinski definition) is 3. The van der Waals surface area contributed by atoms with Crippen molar-refractivity contribution in [3.63, 3.8) is 0 Å². The van der Waals surface area contributed by atoms with E-state index in [1.165, 1.54) is 0 Å². The molecule has 0 aromatic heterocycles. The fourth-order valence-corrected chi connectivity index (χ4v) is 1.55. The molecule has 0 fully saturated rings. The minimum atomic E-state index is -0.524. The number of hydrogen-bond acceptors (Lipinski definition) is 3. The SMILES string of the molecule is CC(NC(=O)c1ccccc1Br)/C(N)=N/O. The number of nitrogens with zero attached hydrogens (tertiary/aromatic N) is 1. The monoisotopic (exact) mass is 285 g/mol. The summed E-state index contributed by atoms with van der Waals surface area (Å²) < 4.78 is 0.694. The molecule has 1 aromatic rings. The van der Waals surface area contributed by atoms with Crippen LogP contribution in [0.25, 0.3) is 0 Å². The first kappa shape index (κ1) is 12.5. The fraction of sp³-hybridized carbons (Fsp3) is 0.200. The van der Waals surface area contributed by atoms with Crippen LogP contribution in [0.4, 0.5) is 0 Å². The second-order valence-electron chi connectivity index (χ2n) is 3.20. The Labute approximate surface area is 101 Å². The average Bonchev–Trinajstić information content (AvgIpc) is 2.28. The van der Waals surface area contributed by atoms with Gasteiger partial charge in [-0.05, 0) is 35.0 Å². The highest BCUT2D eigenvalue weighted by molar-refractivity contribution is 9.10. The number of benzene rings is 1. The lowest BCUT2D eigenvalue weighted by Crippen LogP contribution is -2.42. The molecule has 0 aliphatic rings. The number of oxime groups is 1. The summed E-state index contributed by atoms with van der Waals surface area (Å²) in [5, 5.41) is 13.9. The molecule has 16 heavy (non-hydrogen) atoms. The van der Waals surface area contributed by atoms with Gasteiger partial charge in [0.25, 0.3) is 5.91 Å². The Morgan fingerprint density at radius 3 is 2.75 bits per heavy atom. The lowest BCUT2D eigenvalue weighted by Gasteiger charge is -2.12. The molecular weight excluding hydrogens is 274 g/mol. The zero-order chi connectivity index (χ0) is 12.1. The second-order valence-corrected chi connectivity index (χ2v) is 4.05. The Morgan fingerprint density at radius 1 is 1.56 bits per heavy atom. The minimum absolute atomic E-state index is 0.0413. The van der Waals surface area contributed by atoms with Crippen LogP contribution in [0.3, 0.4) is 0 Å². The van der Waals surface area contributed by atoms with Crippen molar-refractivity contribution in [3.05, 3.63) is 34.3 Å². The Bertz CT molecular complexity index is 420. The molecule has 0 aliphatic heterocycles. The molecule has 0 spiro atoms. The van der Waals surface area contributed by atoms with Crippen LogP contribution in [0.15, 0.2) is 33.9 Å². The molecule has 1 atom stereocenters. The van der Waals surface area contributed by atoms with Crippen LogP contribution in [-0.4, -0.2) is 23.0 Å². The van der Waals surface area contributed by atoms with Crippen molar-refractivity contribution < 1.29 is 10.0 Å². The van der Waals surface area contributed by atoms with Crippen LogP contribution < -0.4 is 11.1 Å². The van der Waals surface area contributed by atoms with E-state index in [0.717, 1.165) is 0 Å². The van der Waals surface area contributed by atoms with E-state index in [1.807, 2.05) is 6.07 Å². The van der Waals surface area contributed by atoms with E-state index in [1.54, 1.807) is 25.1 Å². The Hall–Kier alpha value is -1.56. The van der Waals surface area contributed by atoms with Gasteiger partial charge in [-0.25, -0.2) is 0 Å². The van der Waals surface area contributed by atoms with Crippen LogP contribution in [0, 0.1) is 0 Å². The van der Waals surface area contributed by atoms with E-state index >= 15 is 0 Å². The number of rotatable bonds is 3. The largest absolute Gasteiger partial charge is 0.409 e. The van der Waals surface area contributed by atoms with Crippen molar-refractivity contribution in [3.8, 4) is 0 Å². The molecule has 0 aliphatic carbocycles. The number of carbonyl (C=O) groups excluding carboxylic acids is 1. The summed E-state index contributed by atoms with van der Waals surface area (Å²) in [5.41, 5.74) is 5.85. The molecule has 0 saturated carbocycles. The van der Waals surface area contributed by atoms with Gasteiger partial charge < -0.3 is 16.3 Å². The summed E-state index contributed by atoms with van der Waals surface area (Å²) >= 11 is 3.27. The Kier molecular flexibility index (Phi) is 4.30. The summed E-state index contributed by atoms with van der Waals surface area (Å²) in [5.74, 6) is -0.327. The van der Waals surface area contributed by atoms with Gasteiger partial charge in [0.05, 0.1) is 11.6 Å². The summed E-state index contributed by atoms with van der Waals surface area (Å²) in [6.45, 7) is 1.63. The summed E-state index contributed by atoms with van der Waals surface area (Å²) in [6, 6.07) is 6.49. The van der Waals surface area contributed by atoms with E-state index in [0.29, 0.717) is 10.0 Å². The first-order chi connectivity index (χ1) is 7.56.